The minimum atomic E-state index is -3.33. The molecule has 0 N–H and O–H groups in total. The molecule has 0 saturated carbocycles. The maximum atomic E-state index is 11.9. The van der Waals surface area contributed by atoms with Crippen LogP contribution in [0.1, 0.15) is 31.1 Å². The fourth-order valence-electron chi connectivity index (χ4n) is 1.75. The molecule has 0 amide bonds. The van der Waals surface area contributed by atoms with Gasteiger partial charge < -0.3 is 4.74 Å². The van der Waals surface area contributed by atoms with E-state index in [1.807, 2.05) is 20.8 Å². The van der Waals surface area contributed by atoms with Crippen molar-refractivity contribution in [3.05, 3.63) is 29.8 Å². The van der Waals surface area contributed by atoms with Crippen LogP contribution in [0.3, 0.4) is 0 Å². The Hall–Kier alpha value is -1.36. The summed E-state index contributed by atoms with van der Waals surface area (Å²) in [6.07, 6.45) is 0. The Morgan fingerprint density at radius 3 is 2.26 bits per heavy atom. The van der Waals surface area contributed by atoms with Crippen molar-refractivity contribution in [2.75, 3.05) is 18.1 Å². The average molecular weight is 284 g/mol. The molecular formula is C14H20O4S. The summed E-state index contributed by atoms with van der Waals surface area (Å²) in [5.74, 6) is -0.0690. The van der Waals surface area contributed by atoms with Gasteiger partial charge in [0.05, 0.1) is 12.4 Å². The topological polar surface area (TPSA) is 60.4 Å². The Bertz CT molecular complexity index is 515. The third-order valence-electron chi connectivity index (χ3n) is 2.43. The number of rotatable bonds is 7. The van der Waals surface area contributed by atoms with Crippen LogP contribution < -0.4 is 4.74 Å². The van der Waals surface area contributed by atoms with E-state index in [1.165, 1.54) is 0 Å². The van der Waals surface area contributed by atoms with E-state index >= 15 is 0 Å². The molecule has 0 aliphatic rings. The smallest absolute Gasteiger partial charge is 0.177 e. The molecular weight excluding hydrogens is 264 g/mol. The van der Waals surface area contributed by atoms with Crippen molar-refractivity contribution in [2.24, 2.45) is 5.92 Å². The number of benzene rings is 1. The Morgan fingerprint density at radius 1 is 1.21 bits per heavy atom. The van der Waals surface area contributed by atoms with Crippen molar-refractivity contribution in [1.29, 1.82) is 0 Å². The Balaban J connectivity index is 2.73. The standard InChI is InChI=1S/C14H20O4S/c1-4-18-13-7-5-12(6-8-13)14(15)10-19(16,17)9-11(2)3/h5-8,11H,4,9-10H2,1-3H3. The zero-order chi connectivity index (χ0) is 14.5. The van der Waals surface area contributed by atoms with Crippen LogP contribution in [0.15, 0.2) is 24.3 Å². The van der Waals surface area contributed by atoms with Gasteiger partial charge in [0.15, 0.2) is 15.6 Å². The fraction of sp³-hybridized carbons (Fsp3) is 0.500. The molecule has 19 heavy (non-hydrogen) atoms. The molecule has 1 aromatic carbocycles. The number of Topliss-reactive ketones (excluding diaryl/α,β-unsaturated/α-hetero) is 1. The SMILES string of the molecule is CCOc1ccc(C(=O)CS(=O)(=O)CC(C)C)cc1. The lowest BCUT2D eigenvalue weighted by Crippen LogP contribution is -2.21. The first kappa shape index (κ1) is 15.7. The van der Waals surface area contributed by atoms with Gasteiger partial charge in [0.25, 0.3) is 0 Å². The molecule has 0 atom stereocenters. The van der Waals surface area contributed by atoms with Gasteiger partial charge in [-0.2, -0.15) is 0 Å². The first-order valence-electron chi connectivity index (χ1n) is 6.30. The lowest BCUT2D eigenvalue weighted by atomic mass is 10.1. The third-order valence-corrected chi connectivity index (χ3v) is 4.30. The minimum Gasteiger partial charge on any atom is -0.494 e. The first-order chi connectivity index (χ1) is 8.84. The number of carbonyl (C=O) groups excluding carboxylic acids is 1. The highest BCUT2D eigenvalue weighted by molar-refractivity contribution is 7.92. The van der Waals surface area contributed by atoms with Gasteiger partial charge >= 0.3 is 0 Å². The number of hydrogen-bond acceptors (Lipinski definition) is 4. The van der Waals surface area contributed by atoms with Gasteiger partial charge in [0, 0.05) is 5.56 Å². The molecule has 0 aliphatic carbocycles. The van der Waals surface area contributed by atoms with Crippen molar-refractivity contribution in [3.8, 4) is 5.75 Å². The van der Waals surface area contributed by atoms with E-state index in [4.69, 9.17) is 4.74 Å². The van der Waals surface area contributed by atoms with Crippen LogP contribution in [0.5, 0.6) is 5.75 Å². The van der Waals surface area contributed by atoms with Crippen LogP contribution in [-0.2, 0) is 9.84 Å². The van der Waals surface area contributed by atoms with Gasteiger partial charge in [0.2, 0.25) is 0 Å². The highest BCUT2D eigenvalue weighted by atomic mass is 32.2. The summed E-state index contributed by atoms with van der Waals surface area (Å²) in [6.45, 7) is 6.06. The van der Waals surface area contributed by atoms with Crippen LogP contribution in [0.4, 0.5) is 0 Å². The average Bonchev–Trinajstić information content (AvgIpc) is 2.27. The fourth-order valence-corrected chi connectivity index (χ4v) is 3.45. The Morgan fingerprint density at radius 2 is 1.79 bits per heavy atom. The van der Waals surface area contributed by atoms with Gasteiger partial charge in [-0.25, -0.2) is 8.42 Å². The molecule has 0 aromatic heterocycles. The molecule has 1 aromatic rings. The minimum absolute atomic E-state index is 0.0260. The van der Waals surface area contributed by atoms with Crippen LogP contribution in [0, 0.1) is 5.92 Å². The van der Waals surface area contributed by atoms with Crippen LogP contribution in [-0.4, -0.2) is 32.3 Å². The summed E-state index contributed by atoms with van der Waals surface area (Å²) in [6, 6.07) is 6.54. The molecule has 0 aliphatic heterocycles. The van der Waals surface area contributed by atoms with E-state index in [9.17, 15) is 13.2 Å². The molecule has 0 unspecified atom stereocenters. The van der Waals surface area contributed by atoms with Gasteiger partial charge in [-0.3, -0.25) is 4.79 Å². The first-order valence-corrected chi connectivity index (χ1v) is 8.12. The Kier molecular flexibility index (Phi) is 5.54. The largest absolute Gasteiger partial charge is 0.494 e. The van der Waals surface area contributed by atoms with Crippen molar-refractivity contribution in [1.82, 2.24) is 0 Å². The number of carbonyl (C=O) groups is 1. The molecule has 4 nitrogen and oxygen atoms in total. The molecule has 5 heteroatoms. The highest BCUT2D eigenvalue weighted by Gasteiger charge is 2.19. The van der Waals surface area contributed by atoms with Gasteiger partial charge in [-0.05, 0) is 37.1 Å². The number of ether oxygens (including phenoxy) is 1. The summed E-state index contributed by atoms with van der Waals surface area (Å²) in [7, 11) is -3.33. The van der Waals surface area contributed by atoms with Crippen LogP contribution in [0.2, 0.25) is 0 Å². The van der Waals surface area contributed by atoms with Crippen molar-refractivity contribution in [3.63, 3.8) is 0 Å². The van der Waals surface area contributed by atoms with Crippen molar-refractivity contribution in [2.45, 2.75) is 20.8 Å². The maximum absolute atomic E-state index is 11.9. The van der Waals surface area contributed by atoms with E-state index in [2.05, 4.69) is 0 Å². The molecule has 1 rings (SSSR count). The van der Waals surface area contributed by atoms with Crippen LogP contribution >= 0.6 is 0 Å². The van der Waals surface area contributed by atoms with Crippen LogP contribution in [0.25, 0.3) is 0 Å². The summed E-state index contributed by atoms with van der Waals surface area (Å²) >= 11 is 0. The predicted molar refractivity (Wildman–Crippen MR) is 75.4 cm³/mol. The van der Waals surface area contributed by atoms with E-state index in [0.717, 1.165) is 0 Å². The Labute approximate surface area is 114 Å². The van der Waals surface area contributed by atoms with Crippen molar-refractivity contribution < 1.29 is 17.9 Å². The zero-order valence-electron chi connectivity index (χ0n) is 11.5. The molecule has 0 heterocycles. The molecule has 0 bridgehead atoms. The third kappa shape index (κ3) is 5.42. The number of hydrogen-bond donors (Lipinski definition) is 0. The van der Waals surface area contributed by atoms with Crippen molar-refractivity contribution >= 4 is 15.6 Å². The number of ketones is 1. The summed E-state index contributed by atoms with van der Waals surface area (Å²) in [5.41, 5.74) is 0.399. The summed E-state index contributed by atoms with van der Waals surface area (Å²) in [4.78, 5) is 11.9. The monoisotopic (exact) mass is 284 g/mol. The van der Waals surface area contributed by atoms with Gasteiger partial charge in [0.1, 0.15) is 11.5 Å². The molecule has 0 spiro atoms. The molecule has 106 valence electrons. The van der Waals surface area contributed by atoms with Gasteiger partial charge in [-0.15, -0.1) is 0 Å². The molecule has 0 fully saturated rings. The predicted octanol–water partition coefficient (Wildman–Crippen LogP) is 2.34. The molecule has 0 radical (unpaired) electrons. The second kappa shape index (κ2) is 6.70. The number of sulfone groups is 1. The summed E-state index contributed by atoms with van der Waals surface area (Å²) in [5, 5.41) is 0. The zero-order valence-corrected chi connectivity index (χ0v) is 12.4. The van der Waals surface area contributed by atoms with Gasteiger partial charge in [-0.1, -0.05) is 13.8 Å². The lowest BCUT2D eigenvalue weighted by Gasteiger charge is -2.07. The normalized spacial score (nSPS) is 11.6. The quantitative estimate of drug-likeness (QED) is 0.721. The van der Waals surface area contributed by atoms with E-state index < -0.39 is 15.6 Å². The summed E-state index contributed by atoms with van der Waals surface area (Å²) < 4.78 is 28.8. The second-order valence-electron chi connectivity index (χ2n) is 4.83. The van der Waals surface area contributed by atoms with E-state index in [-0.39, 0.29) is 17.5 Å². The lowest BCUT2D eigenvalue weighted by molar-refractivity contribution is 0.102. The van der Waals surface area contributed by atoms with E-state index in [0.29, 0.717) is 17.9 Å². The molecule has 0 saturated heterocycles. The maximum Gasteiger partial charge on any atom is 0.177 e. The second-order valence-corrected chi connectivity index (χ2v) is 6.94. The van der Waals surface area contributed by atoms with E-state index in [1.54, 1.807) is 24.3 Å². The highest BCUT2D eigenvalue weighted by Crippen LogP contribution is 2.13.